The Labute approximate surface area is 153 Å². The third kappa shape index (κ3) is 9.96. The minimum atomic E-state index is -0.109. The first-order valence-corrected chi connectivity index (χ1v) is 7.94. The van der Waals surface area contributed by atoms with E-state index in [0.717, 1.165) is 19.5 Å². The van der Waals surface area contributed by atoms with Gasteiger partial charge in [-0.05, 0) is 24.8 Å². The number of aliphatic imine (C=N–C) groups is 1. The Kier molecular flexibility index (Phi) is 13.2. The van der Waals surface area contributed by atoms with Crippen molar-refractivity contribution in [3.8, 4) is 0 Å². The van der Waals surface area contributed by atoms with Crippen molar-refractivity contribution in [3.05, 3.63) is 22.4 Å². The first kappa shape index (κ1) is 21.1. The van der Waals surface area contributed by atoms with E-state index in [1.165, 1.54) is 4.88 Å². The third-order valence-corrected chi connectivity index (χ3v) is 3.53. The van der Waals surface area contributed by atoms with Gasteiger partial charge in [-0.3, -0.25) is 4.79 Å². The normalized spacial score (nSPS) is 10.7. The van der Waals surface area contributed by atoms with Crippen molar-refractivity contribution in [2.45, 2.75) is 13.3 Å². The molecule has 0 radical (unpaired) electrons. The first-order valence-electron chi connectivity index (χ1n) is 7.06. The fourth-order valence-electron chi connectivity index (χ4n) is 1.60. The van der Waals surface area contributed by atoms with Gasteiger partial charge in [-0.1, -0.05) is 6.07 Å². The van der Waals surface area contributed by atoms with Gasteiger partial charge in [0.25, 0.3) is 0 Å². The number of halogens is 1. The molecule has 0 aromatic carbocycles. The molecule has 0 fully saturated rings. The predicted molar refractivity (Wildman–Crippen MR) is 102 cm³/mol. The molecule has 3 N–H and O–H groups in total. The second-order valence-corrected chi connectivity index (χ2v) is 5.33. The molecule has 0 unspecified atom stereocenters. The SMILES string of the molecule is CCNC(=NCC(=O)NCCOC)NCCc1cccs1.I. The molecule has 1 amide bonds. The standard InChI is InChI=1S/C14H24N4O2S.HI/c1-3-15-14(17-7-6-12-5-4-10-21-12)18-11-13(19)16-8-9-20-2;/h4-5,10H,3,6-9,11H2,1-2H3,(H,16,19)(H2,15,17,18);1H. The number of guanidine groups is 1. The second-order valence-electron chi connectivity index (χ2n) is 4.29. The molecule has 6 nitrogen and oxygen atoms in total. The van der Waals surface area contributed by atoms with Crippen LogP contribution in [0, 0.1) is 0 Å². The maximum atomic E-state index is 11.6. The number of carbonyl (C=O) groups excluding carboxylic acids is 1. The lowest BCUT2D eigenvalue weighted by atomic mass is 10.3. The Morgan fingerprint density at radius 1 is 1.32 bits per heavy atom. The van der Waals surface area contributed by atoms with Crippen molar-refractivity contribution in [3.63, 3.8) is 0 Å². The van der Waals surface area contributed by atoms with Crippen LogP contribution in [-0.4, -0.2) is 51.8 Å². The maximum absolute atomic E-state index is 11.6. The average Bonchev–Trinajstić information content (AvgIpc) is 2.98. The lowest BCUT2D eigenvalue weighted by Gasteiger charge is -2.10. The van der Waals surface area contributed by atoms with Crippen LogP contribution in [0.5, 0.6) is 0 Å². The van der Waals surface area contributed by atoms with Crippen LogP contribution in [0.15, 0.2) is 22.5 Å². The maximum Gasteiger partial charge on any atom is 0.241 e. The van der Waals surface area contributed by atoms with E-state index in [1.54, 1.807) is 18.4 Å². The fourth-order valence-corrected chi connectivity index (χ4v) is 2.31. The highest BCUT2D eigenvalue weighted by atomic mass is 127. The number of ether oxygens (including phenoxy) is 1. The van der Waals surface area contributed by atoms with Gasteiger partial charge in [0.15, 0.2) is 5.96 Å². The van der Waals surface area contributed by atoms with Crippen LogP contribution in [0.25, 0.3) is 0 Å². The number of amides is 1. The molecule has 0 atom stereocenters. The van der Waals surface area contributed by atoms with Gasteiger partial charge in [0.1, 0.15) is 6.54 Å². The van der Waals surface area contributed by atoms with Gasteiger partial charge in [0, 0.05) is 31.6 Å². The molecule has 22 heavy (non-hydrogen) atoms. The van der Waals surface area contributed by atoms with Crippen LogP contribution < -0.4 is 16.0 Å². The topological polar surface area (TPSA) is 74.8 Å². The van der Waals surface area contributed by atoms with E-state index >= 15 is 0 Å². The zero-order valence-corrected chi connectivity index (χ0v) is 16.2. The molecular formula is C14H25IN4O2S. The Balaban J connectivity index is 0.00000441. The number of nitrogens with zero attached hydrogens (tertiary/aromatic N) is 1. The number of carbonyl (C=O) groups is 1. The van der Waals surface area contributed by atoms with E-state index < -0.39 is 0 Å². The minimum absolute atomic E-state index is 0. The van der Waals surface area contributed by atoms with Crippen LogP contribution in [0.4, 0.5) is 0 Å². The first-order chi connectivity index (χ1) is 10.3. The third-order valence-electron chi connectivity index (χ3n) is 2.60. The number of rotatable bonds is 9. The van der Waals surface area contributed by atoms with Gasteiger partial charge in [-0.2, -0.15) is 0 Å². The zero-order valence-electron chi connectivity index (χ0n) is 13.1. The Bertz CT molecular complexity index is 426. The number of methoxy groups -OCH3 is 1. The number of thiophene rings is 1. The van der Waals surface area contributed by atoms with Gasteiger partial charge >= 0.3 is 0 Å². The average molecular weight is 440 g/mol. The molecule has 126 valence electrons. The van der Waals surface area contributed by atoms with E-state index in [2.05, 4.69) is 32.4 Å². The molecule has 0 saturated carbocycles. The summed E-state index contributed by atoms with van der Waals surface area (Å²) in [6, 6.07) is 4.16. The Morgan fingerprint density at radius 3 is 2.77 bits per heavy atom. The van der Waals surface area contributed by atoms with E-state index in [1.807, 2.05) is 13.0 Å². The number of hydrogen-bond donors (Lipinski definition) is 3. The largest absolute Gasteiger partial charge is 0.383 e. The van der Waals surface area contributed by atoms with E-state index in [4.69, 9.17) is 4.74 Å². The number of nitrogens with one attached hydrogen (secondary N) is 3. The van der Waals surface area contributed by atoms with Crippen molar-refractivity contribution in [2.24, 2.45) is 4.99 Å². The molecule has 0 aliphatic heterocycles. The van der Waals surface area contributed by atoms with Crippen LogP contribution >= 0.6 is 35.3 Å². The predicted octanol–water partition coefficient (Wildman–Crippen LogP) is 1.23. The van der Waals surface area contributed by atoms with Gasteiger partial charge < -0.3 is 20.7 Å². The molecule has 1 rings (SSSR count). The highest BCUT2D eigenvalue weighted by Gasteiger charge is 2.02. The summed E-state index contributed by atoms with van der Waals surface area (Å²) >= 11 is 1.74. The van der Waals surface area contributed by atoms with Crippen molar-refractivity contribution >= 4 is 47.2 Å². The molecule has 1 aromatic rings. The van der Waals surface area contributed by atoms with Crippen LogP contribution in [-0.2, 0) is 16.0 Å². The zero-order chi connectivity index (χ0) is 15.3. The quantitative estimate of drug-likeness (QED) is 0.234. The Hall–Kier alpha value is -0.870. The van der Waals surface area contributed by atoms with Gasteiger partial charge in [0.05, 0.1) is 6.61 Å². The summed E-state index contributed by atoms with van der Waals surface area (Å²) in [4.78, 5) is 17.1. The molecule has 0 aliphatic rings. The van der Waals surface area contributed by atoms with Gasteiger partial charge in [-0.15, -0.1) is 35.3 Å². The summed E-state index contributed by atoms with van der Waals surface area (Å²) in [6.45, 7) is 4.67. The van der Waals surface area contributed by atoms with E-state index in [9.17, 15) is 4.79 Å². The fraction of sp³-hybridized carbons (Fsp3) is 0.571. The lowest BCUT2D eigenvalue weighted by molar-refractivity contribution is -0.119. The smallest absolute Gasteiger partial charge is 0.241 e. The molecule has 0 saturated heterocycles. The molecule has 0 bridgehead atoms. The summed E-state index contributed by atoms with van der Waals surface area (Å²) in [5, 5.41) is 11.1. The molecule has 1 aromatic heterocycles. The van der Waals surface area contributed by atoms with Crippen LogP contribution in [0.3, 0.4) is 0 Å². The van der Waals surface area contributed by atoms with Crippen molar-refractivity contribution in [1.29, 1.82) is 0 Å². The summed E-state index contributed by atoms with van der Waals surface area (Å²) in [7, 11) is 1.60. The summed E-state index contributed by atoms with van der Waals surface area (Å²) in [5.41, 5.74) is 0. The second kappa shape index (κ2) is 13.8. The summed E-state index contributed by atoms with van der Waals surface area (Å²) in [5.74, 6) is 0.554. The Morgan fingerprint density at radius 2 is 2.14 bits per heavy atom. The van der Waals surface area contributed by atoms with Gasteiger partial charge in [0.2, 0.25) is 5.91 Å². The highest BCUT2D eigenvalue weighted by Crippen LogP contribution is 2.07. The monoisotopic (exact) mass is 440 g/mol. The molecule has 0 aliphatic carbocycles. The highest BCUT2D eigenvalue weighted by molar-refractivity contribution is 14.0. The molecule has 0 spiro atoms. The van der Waals surface area contributed by atoms with E-state index in [0.29, 0.717) is 19.1 Å². The van der Waals surface area contributed by atoms with E-state index in [-0.39, 0.29) is 36.4 Å². The van der Waals surface area contributed by atoms with Crippen molar-refractivity contribution < 1.29 is 9.53 Å². The molecule has 8 heteroatoms. The summed E-state index contributed by atoms with van der Waals surface area (Å²) < 4.78 is 4.87. The molecular weight excluding hydrogens is 415 g/mol. The van der Waals surface area contributed by atoms with Crippen molar-refractivity contribution in [2.75, 3.05) is 39.9 Å². The van der Waals surface area contributed by atoms with Crippen LogP contribution in [0.2, 0.25) is 0 Å². The lowest BCUT2D eigenvalue weighted by Crippen LogP contribution is -2.39. The van der Waals surface area contributed by atoms with Crippen LogP contribution in [0.1, 0.15) is 11.8 Å². The summed E-state index contributed by atoms with van der Waals surface area (Å²) in [6.07, 6.45) is 0.947. The number of hydrogen-bond acceptors (Lipinski definition) is 4. The minimum Gasteiger partial charge on any atom is -0.383 e. The van der Waals surface area contributed by atoms with Gasteiger partial charge in [-0.25, -0.2) is 4.99 Å². The van der Waals surface area contributed by atoms with Crippen molar-refractivity contribution in [1.82, 2.24) is 16.0 Å². The molecule has 1 heterocycles.